The molecule has 0 fully saturated rings. The Morgan fingerprint density at radius 3 is 2.82 bits per heavy atom. The van der Waals surface area contributed by atoms with Crippen molar-refractivity contribution in [2.75, 3.05) is 17.7 Å². The Labute approximate surface area is 105 Å². The summed E-state index contributed by atoms with van der Waals surface area (Å²) in [4.78, 5) is 4.43. The lowest BCUT2D eigenvalue weighted by atomic mass is 10.3. The van der Waals surface area contributed by atoms with Crippen LogP contribution in [0.2, 0.25) is 0 Å². The van der Waals surface area contributed by atoms with Crippen LogP contribution in [0.15, 0.2) is 0 Å². The topological polar surface area (TPSA) is 61.7 Å². The number of hydrogen-bond donors (Lipinski definition) is 1. The van der Waals surface area contributed by atoms with Crippen LogP contribution in [-0.2, 0) is 20.0 Å². The zero-order valence-electron chi connectivity index (χ0n) is 10.6. The van der Waals surface area contributed by atoms with Gasteiger partial charge in [0.05, 0.1) is 5.69 Å². The molecule has 0 amide bonds. The predicted octanol–water partition coefficient (Wildman–Crippen LogP) is 1.67. The Kier molecular flexibility index (Phi) is 3.61. The van der Waals surface area contributed by atoms with Gasteiger partial charge in [-0.2, -0.15) is 16.9 Å². The largest absolute Gasteiger partial charge is 0.369 e. The molecule has 0 aliphatic heterocycles. The van der Waals surface area contributed by atoms with Crippen molar-refractivity contribution in [3.05, 3.63) is 5.69 Å². The van der Waals surface area contributed by atoms with E-state index < -0.39 is 0 Å². The van der Waals surface area contributed by atoms with E-state index in [4.69, 9.17) is 5.73 Å². The van der Waals surface area contributed by atoms with E-state index in [1.807, 2.05) is 23.5 Å². The first-order valence-electron chi connectivity index (χ1n) is 5.85. The number of imidazole rings is 1. The summed E-state index contributed by atoms with van der Waals surface area (Å²) >= 11 is 1.85. The molecule has 0 unspecified atom stereocenters. The molecule has 0 saturated carbocycles. The lowest BCUT2D eigenvalue weighted by Crippen LogP contribution is -2.07. The Balaban J connectivity index is 2.40. The molecule has 2 aromatic heterocycles. The molecule has 0 spiro atoms. The number of fused-ring (bicyclic) bond motifs is 1. The summed E-state index contributed by atoms with van der Waals surface area (Å²) in [6.07, 6.45) is 4.11. The van der Waals surface area contributed by atoms with Crippen LogP contribution >= 0.6 is 11.8 Å². The van der Waals surface area contributed by atoms with E-state index in [9.17, 15) is 0 Å². The van der Waals surface area contributed by atoms with Gasteiger partial charge in [0.2, 0.25) is 5.95 Å². The maximum absolute atomic E-state index is 5.98. The molecule has 0 radical (unpaired) electrons. The Morgan fingerprint density at radius 1 is 1.41 bits per heavy atom. The Hall–Kier alpha value is -1.17. The van der Waals surface area contributed by atoms with Gasteiger partial charge >= 0.3 is 0 Å². The van der Waals surface area contributed by atoms with E-state index in [0.717, 1.165) is 42.0 Å². The first-order valence-corrected chi connectivity index (χ1v) is 7.25. The van der Waals surface area contributed by atoms with Crippen molar-refractivity contribution in [1.29, 1.82) is 0 Å². The first-order chi connectivity index (χ1) is 8.19. The van der Waals surface area contributed by atoms with Gasteiger partial charge in [0, 0.05) is 13.6 Å². The van der Waals surface area contributed by atoms with Crippen LogP contribution < -0.4 is 5.73 Å². The lowest BCUT2D eigenvalue weighted by Gasteiger charge is -2.05. The molecule has 2 heterocycles. The summed E-state index contributed by atoms with van der Waals surface area (Å²) in [6, 6.07) is 0. The lowest BCUT2D eigenvalue weighted by molar-refractivity contribution is 0.669. The van der Waals surface area contributed by atoms with Gasteiger partial charge in [0.15, 0.2) is 5.65 Å². The third-order valence-corrected chi connectivity index (χ3v) is 3.58. The van der Waals surface area contributed by atoms with Gasteiger partial charge in [-0.1, -0.05) is 6.92 Å². The minimum atomic E-state index is 0.601. The Morgan fingerprint density at radius 2 is 2.18 bits per heavy atom. The van der Waals surface area contributed by atoms with Gasteiger partial charge in [0.25, 0.3) is 0 Å². The van der Waals surface area contributed by atoms with Gasteiger partial charge in [-0.25, -0.2) is 4.98 Å². The summed E-state index contributed by atoms with van der Waals surface area (Å²) in [5.74, 6) is 1.74. The highest BCUT2D eigenvalue weighted by Gasteiger charge is 2.16. The molecular formula is C11H19N5S. The third-order valence-electron chi connectivity index (χ3n) is 2.89. The second-order valence-electron chi connectivity index (χ2n) is 4.06. The molecule has 0 atom stereocenters. The number of anilines is 1. The van der Waals surface area contributed by atoms with Crippen molar-refractivity contribution >= 4 is 28.9 Å². The minimum Gasteiger partial charge on any atom is -0.369 e. The summed E-state index contributed by atoms with van der Waals surface area (Å²) in [7, 11) is 1.95. The number of hydrogen-bond acceptors (Lipinski definition) is 4. The van der Waals surface area contributed by atoms with E-state index in [-0.39, 0.29) is 0 Å². The second kappa shape index (κ2) is 5.00. The Bertz CT molecular complexity index is 513. The smallest absolute Gasteiger partial charge is 0.202 e. The minimum absolute atomic E-state index is 0.601. The number of thioether (sulfide) groups is 1. The van der Waals surface area contributed by atoms with E-state index >= 15 is 0 Å². The molecule has 2 N–H and O–H groups in total. The van der Waals surface area contributed by atoms with Crippen molar-refractivity contribution in [1.82, 2.24) is 19.3 Å². The predicted molar refractivity (Wildman–Crippen MR) is 73.3 cm³/mol. The van der Waals surface area contributed by atoms with Crippen LogP contribution in [0.3, 0.4) is 0 Å². The molecule has 0 aliphatic rings. The second-order valence-corrected chi connectivity index (χ2v) is 5.05. The molecular weight excluding hydrogens is 234 g/mol. The summed E-state index contributed by atoms with van der Waals surface area (Å²) in [5.41, 5.74) is 9.00. The molecule has 0 saturated heterocycles. The maximum atomic E-state index is 5.98. The van der Waals surface area contributed by atoms with Crippen LogP contribution in [0.25, 0.3) is 11.2 Å². The van der Waals surface area contributed by atoms with Crippen molar-refractivity contribution in [3.63, 3.8) is 0 Å². The quantitative estimate of drug-likeness (QED) is 0.823. The fourth-order valence-corrected chi connectivity index (χ4v) is 2.50. The van der Waals surface area contributed by atoms with E-state index in [1.165, 1.54) is 0 Å². The summed E-state index contributed by atoms with van der Waals surface area (Å²) in [5, 5.41) is 4.47. The van der Waals surface area contributed by atoms with Gasteiger partial charge in [-0.15, -0.1) is 0 Å². The monoisotopic (exact) mass is 253 g/mol. The van der Waals surface area contributed by atoms with Gasteiger partial charge in [-0.3, -0.25) is 9.25 Å². The fraction of sp³-hybridized carbons (Fsp3) is 0.636. The van der Waals surface area contributed by atoms with Crippen molar-refractivity contribution in [2.45, 2.75) is 26.3 Å². The molecule has 2 rings (SSSR count). The third kappa shape index (κ3) is 2.13. The standard InChI is InChI=1S/C11H19N5S/c1-4-8-9-10(15(2)14-8)16(11(12)13-9)6-5-7-17-3/h4-7H2,1-3H3,(H2,12,13). The van der Waals surface area contributed by atoms with Crippen molar-refractivity contribution in [3.8, 4) is 0 Å². The number of aromatic nitrogens is 4. The zero-order chi connectivity index (χ0) is 12.4. The highest BCUT2D eigenvalue weighted by atomic mass is 32.2. The summed E-state index contributed by atoms with van der Waals surface area (Å²) < 4.78 is 3.95. The molecule has 17 heavy (non-hydrogen) atoms. The van der Waals surface area contributed by atoms with Gasteiger partial charge in [0.1, 0.15) is 5.52 Å². The molecule has 6 heteroatoms. The number of nitrogens with zero attached hydrogens (tertiary/aromatic N) is 4. The highest BCUT2D eigenvalue weighted by molar-refractivity contribution is 7.98. The first kappa shape index (κ1) is 12.3. The van der Waals surface area contributed by atoms with Gasteiger partial charge in [-0.05, 0) is 24.9 Å². The van der Waals surface area contributed by atoms with E-state index in [1.54, 1.807) is 0 Å². The summed E-state index contributed by atoms with van der Waals surface area (Å²) in [6.45, 7) is 3.00. The SMILES string of the molecule is CCc1nn(C)c2c1nc(N)n2CCCSC. The number of nitrogens with two attached hydrogens (primary N) is 1. The van der Waals surface area contributed by atoms with Crippen LogP contribution in [0.4, 0.5) is 5.95 Å². The molecule has 94 valence electrons. The van der Waals surface area contributed by atoms with Crippen LogP contribution in [-0.4, -0.2) is 31.3 Å². The van der Waals surface area contributed by atoms with Gasteiger partial charge < -0.3 is 5.73 Å². The van der Waals surface area contributed by atoms with Crippen LogP contribution in [0.1, 0.15) is 19.0 Å². The molecule has 5 nitrogen and oxygen atoms in total. The van der Waals surface area contributed by atoms with E-state index in [0.29, 0.717) is 5.95 Å². The molecule has 0 aromatic carbocycles. The number of rotatable bonds is 5. The average Bonchev–Trinajstić information content (AvgIpc) is 2.78. The van der Waals surface area contributed by atoms with Crippen molar-refractivity contribution < 1.29 is 0 Å². The van der Waals surface area contributed by atoms with Crippen molar-refractivity contribution in [2.24, 2.45) is 7.05 Å². The molecule has 2 aromatic rings. The zero-order valence-corrected chi connectivity index (χ0v) is 11.4. The van der Waals surface area contributed by atoms with Crippen LogP contribution in [0, 0.1) is 0 Å². The number of nitrogen functional groups attached to an aromatic ring is 1. The maximum Gasteiger partial charge on any atom is 0.202 e. The van der Waals surface area contributed by atoms with Crippen LogP contribution in [0.5, 0.6) is 0 Å². The average molecular weight is 253 g/mol. The van der Waals surface area contributed by atoms with E-state index in [2.05, 4.69) is 27.8 Å². The fourth-order valence-electron chi connectivity index (χ4n) is 2.08. The molecule has 0 aliphatic carbocycles. The molecule has 0 bridgehead atoms. The highest BCUT2D eigenvalue weighted by Crippen LogP contribution is 2.21. The normalized spacial score (nSPS) is 11.5. The number of aryl methyl sites for hydroxylation is 3.